The van der Waals surface area contributed by atoms with Gasteiger partial charge in [-0.25, -0.2) is 8.78 Å². The van der Waals surface area contributed by atoms with Crippen LogP contribution < -0.4 is 0 Å². The molecule has 0 spiro atoms. The van der Waals surface area contributed by atoms with Gasteiger partial charge in [-0.2, -0.15) is 0 Å². The summed E-state index contributed by atoms with van der Waals surface area (Å²) in [5.74, 6) is -0.750. The van der Waals surface area contributed by atoms with Crippen LogP contribution >= 0.6 is 0 Å². The third-order valence-corrected chi connectivity index (χ3v) is 4.65. The minimum absolute atomic E-state index is 0.0427. The maximum Gasteiger partial charge on any atom is 0.522 e. The summed E-state index contributed by atoms with van der Waals surface area (Å²) in [4.78, 5) is 0. The molecular weight excluding hydrogens is 279 g/mol. The van der Waals surface area contributed by atoms with Crippen LogP contribution in [0.4, 0.5) is 22.0 Å². The van der Waals surface area contributed by atoms with Gasteiger partial charge in [0.15, 0.2) is 0 Å². The molecule has 2 fully saturated rings. The molecule has 2 aliphatic carbocycles. The number of hydrogen-bond donors (Lipinski definition) is 0. The molecule has 0 saturated heterocycles. The SMILES string of the molecule is CC1CC(F)C(C2CCC(OC(F)(F)F)CC2)C(F)C1. The van der Waals surface area contributed by atoms with Crippen LogP contribution in [0.1, 0.15) is 45.4 Å². The molecule has 6 heteroatoms. The van der Waals surface area contributed by atoms with Crippen molar-refractivity contribution in [2.24, 2.45) is 17.8 Å². The number of hydrogen-bond acceptors (Lipinski definition) is 1. The lowest BCUT2D eigenvalue weighted by molar-refractivity contribution is -0.346. The molecule has 1 nitrogen and oxygen atoms in total. The van der Waals surface area contributed by atoms with E-state index in [4.69, 9.17) is 0 Å². The highest BCUT2D eigenvalue weighted by atomic mass is 19.4. The molecule has 2 aliphatic rings. The van der Waals surface area contributed by atoms with Crippen LogP contribution in [0, 0.1) is 17.8 Å². The zero-order chi connectivity index (χ0) is 14.9. The lowest BCUT2D eigenvalue weighted by Gasteiger charge is -2.41. The average Bonchev–Trinajstić information content (AvgIpc) is 2.28. The van der Waals surface area contributed by atoms with Crippen LogP contribution in [0.2, 0.25) is 0 Å². The molecular formula is C14H21F5O. The third kappa shape index (κ3) is 4.06. The van der Waals surface area contributed by atoms with E-state index in [1.54, 1.807) is 0 Å². The van der Waals surface area contributed by atoms with E-state index >= 15 is 0 Å². The van der Waals surface area contributed by atoms with E-state index in [1.165, 1.54) is 0 Å². The molecule has 0 heterocycles. The van der Waals surface area contributed by atoms with Gasteiger partial charge in [-0.3, -0.25) is 4.74 Å². The van der Waals surface area contributed by atoms with Crippen molar-refractivity contribution >= 4 is 0 Å². The topological polar surface area (TPSA) is 9.23 Å². The minimum Gasteiger partial charge on any atom is -0.289 e. The van der Waals surface area contributed by atoms with Gasteiger partial charge < -0.3 is 0 Å². The average molecular weight is 300 g/mol. The second-order valence-electron chi connectivity index (χ2n) is 6.29. The first kappa shape index (κ1) is 16.0. The summed E-state index contributed by atoms with van der Waals surface area (Å²) in [5.41, 5.74) is 0. The fourth-order valence-corrected chi connectivity index (χ4v) is 3.78. The summed E-state index contributed by atoms with van der Waals surface area (Å²) in [6, 6.07) is 0. The van der Waals surface area contributed by atoms with Crippen LogP contribution in [0.25, 0.3) is 0 Å². The van der Waals surface area contributed by atoms with Crippen molar-refractivity contribution in [2.75, 3.05) is 0 Å². The Hall–Kier alpha value is -0.390. The Morgan fingerprint density at radius 2 is 1.40 bits per heavy atom. The van der Waals surface area contributed by atoms with Crippen LogP contribution in [-0.4, -0.2) is 24.8 Å². The Morgan fingerprint density at radius 1 is 0.900 bits per heavy atom. The van der Waals surface area contributed by atoms with Gasteiger partial charge in [-0.15, -0.1) is 13.2 Å². The highest BCUT2D eigenvalue weighted by molar-refractivity contribution is 4.91. The minimum atomic E-state index is -4.62. The van der Waals surface area contributed by atoms with Crippen molar-refractivity contribution in [2.45, 2.75) is 70.3 Å². The maximum atomic E-state index is 14.1. The van der Waals surface area contributed by atoms with Crippen molar-refractivity contribution in [3.63, 3.8) is 0 Å². The standard InChI is InChI=1S/C14H21F5O/c1-8-6-11(15)13(12(16)7-8)9-2-4-10(5-3-9)20-14(17,18)19/h8-13H,2-7H2,1H3. The Balaban J connectivity index is 1.87. The quantitative estimate of drug-likeness (QED) is 0.665. The molecule has 118 valence electrons. The molecule has 0 aromatic rings. The van der Waals surface area contributed by atoms with Gasteiger partial charge in [0.25, 0.3) is 0 Å². The lowest BCUT2D eigenvalue weighted by atomic mass is 9.69. The smallest absolute Gasteiger partial charge is 0.289 e. The van der Waals surface area contributed by atoms with Gasteiger partial charge in [0.1, 0.15) is 12.3 Å². The van der Waals surface area contributed by atoms with Crippen LogP contribution in [-0.2, 0) is 4.74 Å². The van der Waals surface area contributed by atoms with Crippen molar-refractivity contribution in [3.05, 3.63) is 0 Å². The van der Waals surface area contributed by atoms with E-state index in [9.17, 15) is 22.0 Å². The van der Waals surface area contributed by atoms with E-state index in [0.29, 0.717) is 25.7 Å². The normalized spacial score (nSPS) is 43.5. The molecule has 0 N–H and O–H groups in total. The first-order valence-electron chi connectivity index (χ1n) is 7.29. The molecule has 0 amide bonds. The van der Waals surface area contributed by atoms with Crippen molar-refractivity contribution in [1.29, 1.82) is 0 Å². The summed E-state index contributed by atoms with van der Waals surface area (Å²) < 4.78 is 68.4. The molecule has 0 aromatic carbocycles. The second kappa shape index (κ2) is 6.16. The van der Waals surface area contributed by atoms with Gasteiger partial charge in [-0.1, -0.05) is 6.92 Å². The maximum absolute atomic E-state index is 14.1. The predicted octanol–water partition coefficient (Wildman–Crippen LogP) is 4.80. The summed E-state index contributed by atoms with van der Waals surface area (Å²) in [6.45, 7) is 1.84. The summed E-state index contributed by atoms with van der Waals surface area (Å²) in [6.07, 6.45) is -5.79. The van der Waals surface area contributed by atoms with E-state index < -0.39 is 30.7 Å². The molecule has 0 radical (unpaired) electrons. The number of ether oxygens (including phenoxy) is 1. The fraction of sp³-hybridized carbons (Fsp3) is 1.00. The zero-order valence-corrected chi connectivity index (χ0v) is 11.5. The van der Waals surface area contributed by atoms with Gasteiger partial charge in [-0.05, 0) is 50.4 Å². The predicted molar refractivity (Wildman–Crippen MR) is 64.6 cm³/mol. The fourth-order valence-electron chi connectivity index (χ4n) is 3.78. The largest absolute Gasteiger partial charge is 0.522 e. The molecule has 0 bridgehead atoms. The van der Waals surface area contributed by atoms with E-state index in [0.717, 1.165) is 0 Å². The number of alkyl halides is 5. The zero-order valence-electron chi connectivity index (χ0n) is 11.5. The first-order valence-corrected chi connectivity index (χ1v) is 7.29. The summed E-state index contributed by atoms with van der Waals surface area (Å²) in [5, 5.41) is 0. The van der Waals surface area contributed by atoms with Gasteiger partial charge >= 0.3 is 6.36 Å². The molecule has 2 unspecified atom stereocenters. The summed E-state index contributed by atoms with van der Waals surface area (Å²) >= 11 is 0. The molecule has 0 aliphatic heterocycles. The monoisotopic (exact) mass is 300 g/mol. The van der Waals surface area contributed by atoms with E-state index in [2.05, 4.69) is 4.74 Å². The molecule has 2 saturated carbocycles. The van der Waals surface area contributed by atoms with Crippen LogP contribution in [0.5, 0.6) is 0 Å². The Labute approximate surface area is 115 Å². The first-order chi connectivity index (χ1) is 9.26. The Bertz CT molecular complexity index is 299. The van der Waals surface area contributed by atoms with Gasteiger partial charge in [0, 0.05) is 5.92 Å². The van der Waals surface area contributed by atoms with Gasteiger partial charge in [0.05, 0.1) is 6.10 Å². The molecule has 0 aromatic heterocycles. The van der Waals surface area contributed by atoms with Crippen molar-refractivity contribution in [1.82, 2.24) is 0 Å². The third-order valence-electron chi connectivity index (χ3n) is 4.65. The van der Waals surface area contributed by atoms with Crippen LogP contribution in [0.15, 0.2) is 0 Å². The summed E-state index contributed by atoms with van der Waals surface area (Å²) in [7, 11) is 0. The number of halogens is 5. The molecule has 2 atom stereocenters. The van der Waals surface area contributed by atoms with Crippen LogP contribution in [0.3, 0.4) is 0 Å². The molecule has 2 rings (SSSR count). The Kier molecular flexibility index (Phi) is 4.92. The van der Waals surface area contributed by atoms with E-state index in [-0.39, 0.29) is 24.7 Å². The Morgan fingerprint density at radius 3 is 1.85 bits per heavy atom. The van der Waals surface area contributed by atoms with E-state index in [1.807, 2.05) is 6.92 Å². The van der Waals surface area contributed by atoms with Gasteiger partial charge in [0.2, 0.25) is 0 Å². The van der Waals surface area contributed by atoms with Crippen molar-refractivity contribution in [3.8, 4) is 0 Å². The highest BCUT2D eigenvalue weighted by Crippen LogP contribution is 2.43. The van der Waals surface area contributed by atoms with Crippen molar-refractivity contribution < 1.29 is 26.7 Å². The molecule has 20 heavy (non-hydrogen) atoms. The lowest BCUT2D eigenvalue weighted by Crippen LogP contribution is -2.41. The second-order valence-corrected chi connectivity index (χ2v) is 6.29. The highest BCUT2D eigenvalue weighted by Gasteiger charge is 2.44. The number of rotatable bonds is 2.